The Bertz CT molecular complexity index is 972. The first-order valence-electron chi connectivity index (χ1n) is 8.22. The van der Waals surface area contributed by atoms with E-state index in [2.05, 4.69) is 5.32 Å². The van der Waals surface area contributed by atoms with Crippen LogP contribution >= 0.6 is 0 Å². The molecule has 1 N–H and O–H groups in total. The van der Waals surface area contributed by atoms with E-state index < -0.39 is 32.9 Å². The number of carbonyl (C=O) groups is 1. The zero-order chi connectivity index (χ0) is 19.6. The van der Waals surface area contributed by atoms with Crippen LogP contribution in [-0.4, -0.2) is 43.0 Å². The molecule has 1 saturated heterocycles. The molecule has 142 valence electrons. The minimum atomic E-state index is -3.35. The van der Waals surface area contributed by atoms with Crippen LogP contribution in [0.2, 0.25) is 0 Å². The lowest BCUT2D eigenvalue weighted by Gasteiger charge is -2.21. The number of sulfone groups is 1. The molecule has 2 atom stereocenters. The fraction of sp³-hybridized carbons (Fsp3) is 0.278. The number of nitro benzene ring substituents is 1. The third-order valence-electron chi connectivity index (χ3n) is 4.24. The molecule has 0 amide bonds. The third-order valence-corrected chi connectivity index (χ3v) is 5.95. The molecule has 0 aromatic heterocycles. The van der Waals surface area contributed by atoms with Crippen molar-refractivity contribution in [3.05, 3.63) is 69.8 Å². The topological polar surface area (TPSA) is 116 Å². The largest absolute Gasteiger partial charge is 0.455 e. The van der Waals surface area contributed by atoms with Crippen molar-refractivity contribution in [1.29, 1.82) is 0 Å². The number of ether oxygens (including phenoxy) is 1. The van der Waals surface area contributed by atoms with Crippen LogP contribution < -0.4 is 5.32 Å². The van der Waals surface area contributed by atoms with E-state index in [1.54, 1.807) is 0 Å². The number of rotatable bonds is 5. The van der Waals surface area contributed by atoms with Crippen molar-refractivity contribution in [2.75, 3.05) is 16.8 Å². The number of benzene rings is 2. The maximum absolute atomic E-state index is 12.3. The minimum Gasteiger partial charge on any atom is -0.455 e. The van der Waals surface area contributed by atoms with Crippen molar-refractivity contribution in [1.82, 2.24) is 0 Å². The number of nitro groups is 1. The molecule has 9 heteroatoms. The molecule has 0 radical (unpaired) electrons. The van der Waals surface area contributed by atoms with Crippen molar-refractivity contribution in [2.45, 2.75) is 19.1 Å². The Hall–Kier alpha value is -2.94. The molecule has 2 unspecified atom stereocenters. The van der Waals surface area contributed by atoms with E-state index in [9.17, 15) is 23.3 Å². The molecule has 8 nitrogen and oxygen atoms in total. The fourth-order valence-electron chi connectivity index (χ4n) is 2.94. The smallest absolute Gasteiger partial charge is 0.338 e. The standard InChI is InChI=1S/C18H18N2O6S/c1-12-3-2-4-14(9-12)19-16-10-27(24,25)11-17(16)26-18(21)13-5-7-15(8-6-13)20(22)23/h2-9,16-17,19H,10-11H2,1H3. The molecule has 1 aliphatic rings. The summed E-state index contributed by atoms with van der Waals surface area (Å²) in [6, 6.07) is 11.8. The van der Waals surface area contributed by atoms with Gasteiger partial charge < -0.3 is 10.1 Å². The summed E-state index contributed by atoms with van der Waals surface area (Å²) < 4.78 is 29.5. The second-order valence-electron chi connectivity index (χ2n) is 6.44. The zero-order valence-corrected chi connectivity index (χ0v) is 15.3. The highest BCUT2D eigenvalue weighted by atomic mass is 32.2. The molecule has 2 aromatic rings. The molecule has 0 spiro atoms. The minimum absolute atomic E-state index is 0.124. The van der Waals surface area contributed by atoms with Gasteiger partial charge in [-0.3, -0.25) is 10.1 Å². The summed E-state index contributed by atoms with van der Waals surface area (Å²) in [6.45, 7) is 1.92. The second kappa shape index (κ2) is 7.36. The van der Waals surface area contributed by atoms with Crippen LogP contribution in [0.5, 0.6) is 0 Å². The lowest BCUT2D eigenvalue weighted by atomic mass is 10.1. The zero-order valence-electron chi connectivity index (χ0n) is 14.5. The average Bonchev–Trinajstić information content (AvgIpc) is 2.88. The molecule has 3 rings (SSSR count). The van der Waals surface area contributed by atoms with E-state index >= 15 is 0 Å². The summed E-state index contributed by atoms with van der Waals surface area (Å²) in [4.78, 5) is 22.4. The van der Waals surface area contributed by atoms with Crippen LogP contribution in [0, 0.1) is 17.0 Å². The van der Waals surface area contributed by atoms with Gasteiger partial charge in [0.15, 0.2) is 9.84 Å². The van der Waals surface area contributed by atoms with E-state index in [-0.39, 0.29) is 22.8 Å². The Morgan fingerprint density at radius 2 is 1.89 bits per heavy atom. The third kappa shape index (κ3) is 4.62. The maximum atomic E-state index is 12.3. The van der Waals surface area contributed by atoms with Crippen LogP contribution in [-0.2, 0) is 14.6 Å². The summed E-state index contributed by atoms with van der Waals surface area (Å²) in [5.41, 5.74) is 1.74. The van der Waals surface area contributed by atoms with E-state index in [0.29, 0.717) is 0 Å². The number of carbonyl (C=O) groups excluding carboxylic acids is 1. The summed E-state index contributed by atoms with van der Waals surface area (Å²) in [7, 11) is -3.35. The average molecular weight is 390 g/mol. The molecule has 0 bridgehead atoms. The maximum Gasteiger partial charge on any atom is 0.338 e. The monoisotopic (exact) mass is 390 g/mol. The summed E-state index contributed by atoms with van der Waals surface area (Å²) in [5.74, 6) is -1.13. The van der Waals surface area contributed by atoms with Gasteiger partial charge in [0.2, 0.25) is 0 Å². The van der Waals surface area contributed by atoms with Crippen molar-refractivity contribution in [2.24, 2.45) is 0 Å². The number of aryl methyl sites for hydroxylation is 1. The van der Waals surface area contributed by atoms with Crippen LogP contribution in [0.3, 0.4) is 0 Å². The van der Waals surface area contributed by atoms with Gasteiger partial charge in [-0.05, 0) is 36.8 Å². The van der Waals surface area contributed by atoms with Crippen molar-refractivity contribution in [3.8, 4) is 0 Å². The van der Waals surface area contributed by atoms with Gasteiger partial charge in [-0.25, -0.2) is 13.2 Å². The van der Waals surface area contributed by atoms with Gasteiger partial charge in [-0.15, -0.1) is 0 Å². The lowest BCUT2D eigenvalue weighted by Crippen LogP contribution is -2.36. The number of hydrogen-bond donors (Lipinski definition) is 1. The van der Waals surface area contributed by atoms with Crippen molar-refractivity contribution >= 4 is 27.2 Å². The molecule has 1 heterocycles. The Balaban J connectivity index is 1.74. The van der Waals surface area contributed by atoms with Gasteiger partial charge in [-0.2, -0.15) is 0 Å². The van der Waals surface area contributed by atoms with E-state index in [0.717, 1.165) is 11.3 Å². The number of hydrogen-bond acceptors (Lipinski definition) is 7. The number of esters is 1. The highest BCUT2D eigenvalue weighted by molar-refractivity contribution is 7.91. The van der Waals surface area contributed by atoms with Gasteiger partial charge in [0.05, 0.1) is 28.0 Å². The molecule has 1 fully saturated rings. The van der Waals surface area contributed by atoms with Crippen LogP contribution in [0.4, 0.5) is 11.4 Å². The number of nitrogens with one attached hydrogen (secondary N) is 1. The van der Waals surface area contributed by atoms with E-state index in [1.807, 2.05) is 31.2 Å². The first-order chi connectivity index (χ1) is 12.7. The van der Waals surface area contributed by atoms with E-state index in [4.69, 9.17) is 4.74 Å². The molecular formula is C18H18N2O6S. The number of non-ortho nitro benzene ring substituents is 1. The van der Waals surface area contributed by atoms with Gasteiger partial charge in [-0.1, -0.05) is 12.1 Å². The summed E-state index contributed by atoms with van der Waals surface area (Å²) >= 11 is 0. The SMILES string of the molecule is Cc1cccc(NC2CS(=O)(=O)CC2OC(=O)c2ccc([N+](=O)[O-])cc2)c1. The Labute approximate surface area is 156 Å². The van der Waals surface area contributed by atoms with Gasteiger partial charge in [0.25, 0.3) is 5.69 Å². The molecular weight excluding hydrogens is 372 g/mol. The van der Waals surface area contributed by atoms with Gasteiger partial charge in [0, 0.05) is 17.8 Å². The molecule has 1 aliphatic heterocycles. The van der Waals surface area contributed by atoms with E-state index in [1.165, 1.54) is 24.3 Å². The second-order valence-corrected chi connectivity index (χ2v) is 8.60. The molecule has 0 aliphatic carbocycles. The summed E-state index contributed by atoms with van der Waals surface area (Å²) in [6.07, 6.45) is -0.849. The highest BCUT2D eigenvalue weighted by Gasteiger charge is 2.40. The highest BCUT2D eigenvalue weighted by Crippen LogP contribution is 2.23. The Morgan fingerprint density at radius 1 is 1.19 bits per heavy atom. The molecule has 27 heavy (non-hydrogen) atoms. The predicted molar refractivity (Wildman–Crippen MR) is 99.5 cm³/mol. The predicted octanol–water partition coefficient (Wildman–Crippen LogP) is 2.34. The lowest BCUT2D eigenvalue weighted by molar-refractivity contribution is -0.384. The fourth-order valence-corrected chi connectivity index (χ4v) is 4.72. The first kappa shape index (κ1) is 18.8. The Kier molecular flexibility index (Phi) is 5.13. The van der Waals surface area contributed by atoms with Crippen molar-refractivity contribution < 1.29 is 22.9 Å². The Morgan fingerprint density at radius 3 is 2.52 bits per heavy atom. The van der Waals surface area contributed by atoms with Crippen molar-refractivity contribution in [3.63, 3.8) is 0 Å². The first-order valence-corrected chi connectivity index (χ1v) is 10.0. The summed E-state index contributed by atoms with van der Waals surface area (Å²) in [5, 5.41) is 13.8. The normalized spacial score (nSPS) is 20.8. The van der Waals surface area contributed by atoms with Crippen LogP contribution in [0.15, 0.2) is 48.5 Å². The van der Waals surface area contributed by atoms with Gasteiger partial charge in [0.1, 0.15) is 6.10 Å². The van der Waals surface area contributed by atoms with Gasteiger partial charge >= 0.3 is 5.97 Å². The quantitative estimate of drug-likeness (QED) is 0.473. The molecule has 2 aromatic carbocycles. The number of nitrogens with zero attached hydrogens (tertiary/aromatic N) is 1. The van der Waals surface area contributed by atoms with Crippen LogP contribution in [0.25, 0.3) is 0 Å². The van der Waals surface area contributed by atoms with Crippen LogP contribution in [0.1, 0.15) is 15.9 Å². The molecule has 0 saturated carbocycles. The number of anilines is 1.